The minimum atomic E-state index is 0.337. The van der Waals surface area contributed by atoms with Gasteiger partial charge in [-0.05, 0) is 41.6 Å². The molecule has 1 aromatic rings. The molecule has 94 valence electrons. The van der Waals surface area contributed by atoms with E-state index in [4.69, 9.17) is 4.74 Å². The Kier molecular flexibility index (Phi) is 4.77. The van der Waals surface area contributed by atoms with Crippen LogP contribution in [0.25, 0.3) is 0 Å². The highest BCUT2D eigenvalue weighted by molar-refractivity contribution is 9.10. The maximum Gasteiger partial charge on any atom is 0.217 e. The van der Waals surface area contributed by atoms with Gasteiger partial charge in [-0.3, -0.25) is 0 Å². The maximum atomic E-state index is 5.98. The molecule has 1 fully saturated rings. The Balaban J connectivity index is 2.03. The van der Waals surface area contributed by atoms with Crippen LogP contribution in [0.1, 0.15) is 51.3 Å². The smallest absolute Gasteiger partial charge is 0.217 e. The van der Waals surface area contributed by atoms with Crippen LogP contribution < -0.4 is 4.74 Å². The van der Waals surface area contributed by atoms with Gasteiger partial charge in [-0.2, -0.15) is 4.98 Å². The Hall–Kier alpha value is -0.640. The number of hydrogen-bond donors (Lipinski definition) is 0. The van der Waals surface area contributed by atoms with Crippen LogP contribution in [0.4, 0.5) is 0 Å². The van der Waals surface area contributed by atoms with Crippen molar-refractivity contribution in [1.82, 2.24) is 9.97 Å². The van der Waals surface area contributed by atoms with Gasteiger partial charge in [-0.1, -0.05) is 19.8 Å². The first-order valence-corrected chi connectivity index (χ1v) is 7.27. The van der Waals surface area contributed by atoms with Crippen molar-refractivity contribution in [3.63, 3.8) is 0 Å². The molecular formula is C13H19BrN2O. The summed E-state index contributed by atoms with van der Waals surface area (Å²) < 4.78 is 6.79. The fourth-order valence-corrected chi connectivity index (χ4v) is 2.59. The Morgan fingerprint density at radius 1 is 1.24 bits per heavy atom. The van der Waals surface area contributed by atoms with Gasteiger partial charge in [-0.25, -0.2) is 4.98 Å². The molecule has 17 heavy (non-hydrogen) atoms. The molecule has 0 N–H and O–H groups in total. The molecule has 0 spiro atoms. The van der Waals surface area contributed by atoms with E-state index in [2.05, 4.69) is 32.8 Å². The average molecular weight is 299 g/mol. The minimum absolute atomic E-state index is 0.337. The Morgan fingerprint density at radius 3 is 2.59 bits per heavy atom. The molecule has 0 bridgehead atoms. The molecule has 4 heteroatoms. The van der Waals surface area contributed by atoms with Gasteiger partial charge >= 0.3 is 0 Å². The second-order valence-electron chi connectivity index (χ2n) is 4.53. The summed E-state index contributed by atoms with van der Waals surface area (Å²) in [5.41, 5.74) is 0. The molecule has 0 unspecified atom stereocenters. The number of hydrogen-bond acceptors (Lipinski definition) is 3. The summed E-state index contributed by atoms with van der Waals surface area (Å²) >= 11 is 3.40. The average Bonchev–Trinajstić information content (AvgIpc) is 2.57. The van der Waals surface area contributed by atoms with Crippen molar-refractivity contribution in [1.29, 1.82) is 0 Å². The fraction of sp³-hybridized carbons (Fsp3) is 0.692. The van der Waals surface area contributed by atoms with Crippen LogP contribution in [0.3, 0.4) is 0 Å². The van der Waals surface area contributed by atoms with Crippen LogP contribution in [0.2, 0.25) is 0 Å². The lowest BCUT2D eigenvalue weighted by Gasteiger charge is -2.16. The van der Waals surface area contributed by atoms with Crippen molar-refractivity contribution in [3.8, 4) is 5.88 Å². The second kappa shape index (κ2) is 6.34. The first kappa shape index (κ1) is 12.8. The highest BCUT2D eigenvalue weighted by Crippen LogP contribution is 2.23. The molecule has 0 amide bonds. The normalized spacial score (nSPS) is 17.8. The summed E-state index contributed by atoms with van der Waals surface area (Å²) in [6.07, 6.45) is 8.71. The first-order valence-electron chi connectivity index (χ1n) is 6.48. The molecule has 1 aliphatic rings. The van der Waals surface area contributed by atoms with Crippen molar-refractivity contribution in [3.05, 3.63) is 16.5 Å². The Bertz CT molecular complexity index is 362. The highest BCUT2D eigenvalue weighted by atomic mass is 79.9. The summed E-state index contributed by atoms with van der Waals surface area (Å²) in [5, 5.41) is 0. The lowest BCUT2D eigenvalue weighted by Crippen LogP contribution is -2.16. The number of nitrogens with zero attached hydrogens (tertiary/aromatic N) is 2. The van der Waals surface area contributed by atoms with E-state index in [1.807, 2.05) is 6.07 Å². The van der Waals surface area contributed by atoms with Crippen molar-refractivity contribution in [2.75, 3.05) is 0 Å². The van der Waals surface area contributed by atoms with E-state index < -0.39 is 0 Å². The van der Waals surface area contributed by atoms with Gasteiger partial charge in [-0.15, -0.1) is 0 Å². The number of aryl methyl sites for hydroxylation is 1. The number of rotatable bonds is 3. The summed E-state index contributed by atoms with van der Waals surface area (Å²) in [6.45, 7) is 2.05. The van der Waals surface area contributed by atoms with E-state index in [9.17, 15) is 0 Å². The number of halogens is 1. The van der Waals surface area contributed by atoms with Crippen molar-refractivity contribution >= 4 is 15.9 Å². The third-order valence-corrected chi connectivity index (χ3v) is 3.53. The second-order valence-corrected chi connectivity index (χ2v) is 5.34. The van der Waals surface area contributed by atoms with Gasteiger partial charge in [0.15, 0.2) is 0 Å². The predicted molar refractivity (Wildman–Crippen MR) is 71.2 cm³/mol. The predicted octanol–water partition coefficient (Wildman–Crippen LogP) is 3.90. The summed E-state index contributed by atoms with van der Waals surface area (Å²) in [5.74, 6) is 1.55. The molecule has 1 aliphatic carbocycles. The molecule has 1 heterocycles. The number of aromatic nitrogens is 2. The molecule has 1 saturated carbocycles. The Morgan fingerprint density at radius 2 is 1.94 bits per heavy atom. The topological polar surface area (TPSA) is 35.0 Å². The van der Waals surface area contributed by atoms with Gasteiger partial charge in [0.2, 0.25) is 5.88 Å². The van der Waals surface area contributed by atoms with Crippen molar-refractivity contribution < 1.29 is 4.74 Å². The Labute approximate surface area is 111 Å². The third-order valence-electron chi connectivity index (χ3n) is 3.12. The van der Waals surface area contributed by atoms with Crippen LogP contribution in [0.15, 0.2) is 10.7 Å². The van der Waals surface area contributed by atoms with E-state index in [0.717, 1.165) is 35.6 Å². The SMILES string of the molecule is CCc1nc(Br)cc(OC2CCCCCC2)n1. The molecule has 2 rings (SSSR count). The van der Waals surface area contributed by atoms with Gasteiger partial charge in [0.1, 0.15) is 16.5 Å². The first-order chi connectivity index (χ1) is 8.28. The third kappa shape index (κ3) is 3.95. The van der Waals surface area contributed by atoms with Crippen LogP contribution in [0, 0.1) is 0 Å². The van der Waals surface area contributed by atoms with Crippen LogP contribution in [0.5, 0.6) is 5.88 Å². The van der Waals surface area contributed by atoms with Gasteiger partial charge in [0.05, 0.1) is 0 Å². The molecule has 0 aliphatic heterocycles. The van der Waals surface area contributed by atoms with E-state index in [0.29, 0.717) is 6.10 Å². The van der Waals surface area contributed by atoms with E-state index >= 15 is 0 Å². The van der Waals surface area contributed by atoms with E-state index in [1.165, 1.54) is 25.7 Å². The van der Waals surface area contributed by atoms with Crippen LogP contribution >= 0.6 is 15.9 Å². The molecule has 0 atom stereocenters. The van der Waals surface area contributed by atoms with Gasteiger partial charge in [0.25, 0.3) is 0 Å². The molecule has 1 aromatic heterocycles. The van der Waals surface area contributed by atoms with Crippen molar-refractivity contribution in [2.24, 2.45) is 0 Å². The largest absolute Gasteiger partial charge is 0.474 e. The van der Waals surface area contributed by atoms with Gasteiger partial charge < -0.3 is 4.74 Å². The monoisotopic (exact) mass is 298 g/mol. The lowest BCUT2D eigenvalue weighted by atomic mass is 10.1. The maximum absolute atomic E-state index is 5.98. The summed E-state index contributed by atoms with van der Waals surface area (Å²) in [6, 6.07) is 1.87. The van der Waals surface area contributed by atoms with E-state index in [1.54, 1.807) is 0 Å². The summed E-state index contributed by atoms with van der Waals surface area (Å²) in [4.78, 5) is 8.70. The molecule has 0 radical (unpaired) electrons. The molecule has 0 aromatic carbocycles. The van der Waals surface area contributed by atoms with E-state index in [-0.39, 0.29) is 0 Å². The fourth-order valence-electron chi connectivity index (χ4n) is 2.19. The zero-order chi connectivity index (χ0) is 12.1. The van der Waals surface area contributed by atoms with Crippen LogP contribution in [-0.4, -0.2) is 16.1 Å². The van der Waals surface area contributed by atoms with Crippen LogP contribution in [-0.2, 0) is 6.42 Å². The molecule has 3 nitrogen and oxygen atoms in total. The standard InChI is InChI=1S/C13H19BrN2O/c1-2-12-15-11(14)9-13(16-12)17-10-7-5-3-4-6-8-10/h9-10H,2-8H2,1H3. The highest BCUT2D eigenvalue weighted by Gasteiger charge is 2.15. The molecule has 0 saturated heterocycles. The minimum Gasteiger partial charge on any atom is -0.474 e. The number of ether oxygens (including phenoxy) is 1. The lowest BCUT2D eigenvalue weighted by molar-refractivity contribution is 0.175. The summed E-state index contributed by atoms with van der Waals surface area (Å²) in [7, 11) is 0. The molecular weight excluding hydrogens is 280 g/mol. The zero-order valence-electron chi connectivity index (χ0n) is 10.3. The quantitative estimate of drug-likeness (QED) is 0.627. The van der Waals surface area contributed by atoms with Gasteiger partial charge in [0, 0.05) is 12.5 Å². The zero-order valence-corrected chi connectivity index (χ0v) is 11.9. The van der Waals surface area contributed by atoms with Crippen molar-refractivity contribution in [2.45, 2.75) is 58.0 Å².